The van der Waals surface area contributed by atoms with Crippen LogP contribution in [0.15, 0.2) is 16.6 Å². The van der Waals surface area contributed by atoms with E-state index < -0.39 is 5.60 Å². The Labute approximate surface area is 132 Å². The molecule has 0 N–H and O–H groups in total. The van der Waals surface area contributed by atoms with Gasteiger partial charge in [0.15, 0.2) is 0 Å². The van der Waals surface area contributed by atoms with Crippen molar-refractivity contribution >= 4 is 33.6 Å². The van der Waals surface area contributed by atoms with E-state index in [4.69, 9.17) is 21.1 Å². The number of halogens is 2. The second-order valence-electron chi connectivity index (χ2n) is 5.63. The van der Waals surface area contributed by atoms with Crippen LogP contribution in [0.25, 0.3) is 0 Å². The first kappa shape index (κ1) is 15.4. The van der Waals surface area contributed by atoms with Gasteiger partial charge in [-0.15, -0.1) is 0 Å². The molecule has 6 heteroatoms. The maximum absolute atomic E-state index is 12.1. The summed E-state index contributed by atoms with van der Waals surface area (Å²) in [4.78, 5) is 13.8. The largest absolute Gasteiger partial charge is 0.490 e. The van der Waals surface area contributed by atoms with Gasteiger partial charge in [-0.25, -0.2) is 4.79 Å². The first-order valence-corrected chi connectivity index (χ1v) is 7.52. The summed E-state index contributed by atoms with van der Waals surface area (Å²) in [5.41, 5.74) is 0.356. The van der Waals surface area contributed by atoms with Crippen molar-refractivity contribution in [1.29, 1.82) is 0 Å². The average molecular weight is 363 g/mol. The number of fused-ring (bicyclic) bond motifs is 1. The summed E-state index contributed by atoms with van der Waals surface area (Å²) in [7, 11) is 0. The van der Waals surface area contributed by atoms with Crippen molar-refractivity contribution in [2.24, 2.45) is 0 Å². The third kappa shape index (κ3) is 3.79. The first-order chi connectivity index (χ1) is 9.26. The number of hydrogen-bond donors (Lipinski definition) is 0. The zero-order valence-electron chi connectivity index (χ0n) is 11.7. The van der Waals surface area contributed by atoms with Gasteiger partial charge in [0.05, 0.1) is 17.6 Å². The van der Waals surface area contributed by atoms with Crippen LogP contribution in [0.1, 0.15) is 26.3 Å². The van der Waals surface area contributed by atoms with E-state index in [0.29, 0.717) is 24.7 Å². The lowest BCUT2D eigenvalue weighted by atomic mass is 10.2. The third-order valence-corrected chi connectivity index (χ3v) is 3.51. The Bertz CT molecular complexity index is 528. The topological polar surface area (TPSA) is 38.8 Å². The van der Waals surface area contributed by atoms with Gasteiger partial charge in [-0.05, 0) is 48.8 Å². The zero-order chi connectivity index (χ0) is 14.9. The number of rotatable bonds is 0. The van der Waals surface area contributed by atoms with E-state index >= 15 is 0 Å². The smallest absolute Gasteiger partial charge is 0.410 e. The number of carbonyl (C=O) groups excluding carboxylic acids is 1. The van der Waals surface area contributed by atoms with Crippen LogP contribution >= 0.6 is 27.5 Å². The predicted molar refractivity (Wildman–Crippen MR) is 81.3 cm³/mol. The Balaban J connectivity index is 2.22. The summed E-state index contributed by atoms with van der Waals surface area (Å²) >= 11 is 9.48. The number of amides is 1. The van der Waals surface area contributed by atoms with Gasteiger partial charge < -0.3 is 14.4 Å². The molecule has 0 saturated heterocycles. The molecule has 1 heterocycles. The van der Waals surface area contributed by atoms with Crippen molar-refractivity contribution in [3.8, 4) is 5.75 Å². The highest BCUT2D eigenvalue weighted by Crippen LogP contribution is 2.35. The predicted octanol–water partition coefficient (Wildman–Crippen LogP) is 4.23. The molecule has 0 aromatic heterocycles. The molecule has 1 amide bonds. The summed E-state index contributed by atoms with van der Waals surface area (Å²) in [5.74, 6) is 0.737. The molecular formula is C14H17BrClNO3. The van der Waals surface area contributed by atoms with Crippen LogP contribution in [-0.2, 0) is 11.3 Å². The summed E-state index contributed by atoms with van der Waals surface area (Å²) in [6.45, 7) is 6.87. The molecule has 2 rings (SSSR count). The lowest BCUT2D eigenvalue weighted by molar-refractivity contribution is 0.0225. The van der Waals surface area contributed by atoms with Crippen molar-refractivity contribution < 1.29 is 14.3 Å². The molecule has 0 atom stereocenters. The second-order valence-corrected chi connectivity index (χ2v) is 6.92. The fourth-order valence-electron chi connectivity index (χ4n) is 1.92. The van der Waals surface area contributed by atoms with Crippen LogP contribution in [-0.4, -0.2) is 29.7 Å². The molecule has 0 saturated carbocycles. The monoisotopic (exact) mass is 361 g/mol. The highest BCUT2D eigenvalue weighted by molar-refractivity contribution is 9.10. The van der Waals surface area contributed by atoms with Crippen LogP contribution in [0.5, 0.6) is 5.75 Å². The molecule has 1 aromatic rings. The number of ether oxygens (including phenoxy) is 2. The Hall–Kier alpha value is -0.940. The average Bonchev–Trinajstić information content (AvgIpc) is 2.48. The van der Waals surface area contributed by atoms with E-state index in [0.717, 1.165) is 15.8 Å². The lowest BCUT2D eigenvalue weighted by Gasteiger charge is -2.26. The summed E-state index contributed by atoms with van der Waals surface area (Å²) in [6, 6.07) is 3.59. The Morgan fingerprint density at radius 3 is 2.80 bits per heavy atom. The Morgan fingerprint density at radius 1 is 1.45 bits per heavy atom. The van der Waals surface area contributed by atoms with Crippen molar-refractivity contribution in [2.75, 3.05) is 13.2 Å². The van der Waals surface area contributed by atoms with E-state index in [1.165, 1.54) is 0 Å². The van der Waals surface area contributed by atoms with Gasteiger partial charge >= 0.3 is 6.09 Å². The van der Waals surface area contributed by atoms with E-state index in [1.807, 2.05) is 26.8 Å². The van der Waals surface area contributed by atoms with Crippen molar-refractivity contribution in [1.82, 2.24) is 4.90 Å². The van der Waals surface area contributed by atoms with Gasteiger partial charge in [0.2, 0.25) is 0 Å². The highest BCUT2D eigenvalue weighted by atomic mass is 79.9. The molecule has 1 aliphatic heterocycles. The Morgan fingerprint density at radius 2 is 2.15 bits per heavy atom. The summed E-state index contributed by atoms with van der Waals surface area (Å²) in [5, 5.41) is 0.602. The molecule has 1 aromatic carbocycles. The van der Waals surface area contributed by atoms with E-state index in [1.54, 1.807) is 11.0 Å². The molecule has 0 unspecified atom stereocenters. The molecule has 0 spiro atoms. The summed E-state index contributed by atoms with van der Waals surface area (Å²) < 4.78 is 11.9. The van der Waals surface area contributed by atoms with E-state index in [-0.39, 0.29) is 6.09 Å². The molecule has 0 fully saturated rings. The van der Waals surface area contributed by atoms with Crippen LogP contribution in [0.2, 0.25) is 5.02 Å². The fourth-order valence-corrected chi connectivity index (χ4v) is 2.91. The lowest BCUT2D eigenvalue weighted by Crippen LogP contribution is -2.37. The summed E-state index contributed by atoms with van der Waals surface area (Å²) in [6.07, 6.45) is -0.343. The van der Waals surface area contributed by atoms with Crippen molar-refractivity contribution in [2.45, 2.75) is 32.9 Å². The fraction of sp³-hybridized carbons (Fsp3) is 0.500. The minimum Gasteiger partial charge on any atom is -0.490 e. The second kappa shape index (κ2) is 5.82. The van der Waals surface area contributed by atoms with Gasteiger partial charge in [0, 0.05) is 10.6 Å². The van der Waals surface area contributed by atoms with E-state index in [2.05, 4.69) is 15.9 Å². The minimum absolute atomic E-state index is 0.343. The minimum atomic E-state index is -0.512. The molecule has 0 aliphatic carbocycles. The molecule has 1 aliphatic rings. The quantitative estimate of drug-likeness (QED) is 0.693. The molecule has 0 radical (unpaired) electrons. The zero-order valence-corrected chi connectivity index (χ0v) is 14.0. The number of hydrogen-bond acceptors (Lipinski definition) is 3. The highest BCUT2D eigenvalue weighted by Gasteiger charge is 2.26. The van der Waals surface area contributed by atoms with Crippen LogP contribution < -0.4 is 4.74 Å². The van der Waals surface area contributed by atoms with Crippen LogP contribution in [0, 0.1) is 0 Å². The number of benzene rings is 1. The molecule has 4 nitrogen and oxygen atoms in total. The first-order valence-electron chi connectivity index (χ1n) is 6.35. The SMILES string of the molecule is CC(C)(C)OC(=O)N1CCOc2c(Br)cc(Cl)cc2C1. The van der Waals surface area contributed by atoms with Gasteiger partial charge in [0.1, 0.15) is 18.0 Å². The van der Waals surface area contributed by atoms with Crippen LogP contribution in [0.3, 0.4) is 0 Å². The third-order valence-electron chi connectivity index (χ3n) is 2.71. The Kier molecular flexibility index (Phi) is 4.49. The van der Waals surface area contributed by atoms with Crippen molar-refractivity contribution in [3.63, 3.8) is 0 Å². The maximum Gasteiger partial charge on any atom is 0.410 e. The molecule has 0 bridgehead atoms. The maximum atomic E-state index is 12.1. The molecular weight excluding hydrogens is 346 g/mol. The van der Waals surface area contributed by atoms with Gasteiger partial charge in [-0.1, -0.05) is 11.6 Å². The van der Waals surface area contributed by atoms with Crippen LogP contribution in [0.4, 0.5) is 4.79 Å². The van der Waals surface area contributed by atoms with Gasteiger partial charge in [-0.2, -0.15) is 0 Å². The normalized spacial score (nSPS) is 15.2. The van der Waals surface area contributed by atoms with Gasteiger partial charge in [0.25, 0.3) is 0 Å². The molecule has 20 heavy (non-hydrogen) atoms. The standard InChI is InChI=1S/C14H17BrClNO3/c1-14(2,3)20-13(18)17-4-5-19-12-9(8-17)6-10(16)7-11(12)15/h6-7H,4-5,8H2,1-3H3. The van der Waals surface area contributed by atoms with E-state index in [9.17, 15) is 4.79 Å². The molecule has 110 valence electrons. The van der Waals surface area contributed by atoms with Crippen molar-refractivity contribution in [3.05, 3.63) is 27.2 Å². The number of carbonyl (C=O) groups is 1. The number of nitrogens with zero attached hydrogens (tertiary/aromatic N) is 1. The van der Waals surface area contributed by atoms with Gasteiger partial charge in [-0.3, -0.25) is 0 Å².